The van der Waals surface area contributed by atoms with Gasteiger partial charge in [-0.25, -0.2) is 8.42 Å². The van der Waals surface area contributed by atoms with E-state index in [1.165, 1.54) is 4.31 Å². The van der Waals surface area contributed by atoms with Crippen LogP contribution in [0.3, 0.4) is 0 Å². The largest absolute Gasteiger partial charge is 0.496 e. The molecule has 1 saturated carbocycles. The normalized spacial score (nSPS) is 21.1. The highest BCUT2D eigenvalue weighted by Crippen LogP contribution is 2.44. The zero-order chi connectivity index (χ0) is 21.9. The van der Waals surface area contributed by atoms with E-state index in [0.29, 0.717) is 25.9 Å². The van der Waals surface area contributed by atoms with Crippen LogP contribution in [0.15, 0.2) is 59.5 Å². The van der Waals surface area contributed by atoms with Crippen molar-refractivity contribution < 1.29 is 17.9 Å². The van der Waals surface area contributed by atoms with Crippen LogP contribution in [0.4, 0.5) is 0 Å². The molecule has 4 rings (SSSR count). The Balaban J connectivity index is 1.52. The maximum Gasteiger partial charge on any atom is 0.243 e. The molecule has 0 spiro atoms. The first-order chi connectivity index (χ1) is 15.0. The molecule has 7 heteroatoms. The van der Waals surface area contributed by atoms with Gasteiger partial charge >= 0.3 is 0 Å². The lowest BCUT2D eigenvalue weighted by Gasteiger charge is -2.32. The number of methoxy groups -OCH3 is 1. The van der Waals surface area contributed by atoms with Crippen molar-refractivity contribution >= 4 is 15.9 Å². The molecule has 0 bridgehead atoms. The Morgan fingerprint density at radius 1 is 1.06 bits per heavy atom. The number of amides is 1. The zero-order valence-corrected chi connectivity index (χ0v) is 18.7. The molecule has 0 radical (unpaired) electrons. The van der Waals surface area contributed by atoms with E-state index in [-0.39, 0.29) is 16.2 Å². The van der Waals surface area contributed by atoms with E-state index in [0.717, 1.165) is 37.0 Å². The number of nitrogens with one attached hydrogen (secondary N) is 1. The van der Waals surface area contributed by atoms with E-state index >= 15 is 0 Å². The van der Waals surface area contributed by atoms with Crippen molar-refractivity contribution in [2.75, 3.05) is 20.2 Å². The third-order valence-electron chi connectivity index (χ3n) is 6.70. The predicted octanol–water partition coefficient (Wildman–Crippen LogP) is 3.48. The third-order valence-corrected chi connectivity index (χ3v) is 8.62. The molecule has 1 heterocycles. The quantitative estimate of drug-likeness (QED) is 0.712. The SMILES string of the molecule is COc1ccccc1C1(CNC(=O)C2CCCN2S(=O)(=O)c2ccccc2)CCCC1. The molecule has 166 valence electrons. The van der Waals surface area contributed by atoms with E-state index in [1.54, 1.807) is 37.4 Å². The lowest BCUT2D eigenvalue weighted by molar-refractivity contribution is -0.124. The Hall–Kier alpha value is -2.38. The fourth-order valence-corrected chi connectivity index (χ4v) is 6.75. The van der Waals surface area contributed by atoms with Crippen molar-refractivity contribution in [2.24, 2.45) is 0 Å². The first kappa shape index (κ1) is 21.8. The summed E-state index contributed by atoms with van der Waals surface area (Å²) in [7, 11) is -2.02. The summed E-state index contributed by atoms with van der Waals surface area (Å²) in [5.41, 5.74) is 0.944. The maximum absolute atomic E-state index is 13.2. The molecule has 0 aromatic heterocycles. The van der Waals surface area contributed by atoms with Crippen molar-refractivity contribution in [3.8, 4) is 5.75 Å². The minimum Gasteiger partial charge on any atom is -0.496 e. The van der Waals surface area contributed by atoms with Gasteiger partial charge < -0.3 is 10.1 Å². The van der Waals surface area contributed by atoms with Crippen molar-refractivity contribution in [2.45, 2.75) is 54.9 Å². The van der Waals surface area contributed by atoms with Gasteiger partial charge in [0.05, 0.1) is 12.0 Å². The number of nitrogens with zero attached hydrogens (tertiary/aromatic N) is 1. The molecule has 2 aromatic rings. The number of sulfonamides is 1. The summed E-state index contributed by atoms with van der Waals surface area (Å²) in [6.07, 6.45) is 5.38. The highest BCUT2D eigenvalue weighted by Gasteiger charge is 2.42. The Bertz CT molecular complexity index is 1020. The average molecular weight is 443 g/mol. The van der Waals surface area contributed by atoms with E-state index in [4.69, 9.17) is 4.74 Å². The summed E-state index contributed by atoms with van der Waals surface area (Å²) in [6.45, 7) is 0.856. The third kappa shape index (κ3) is 4.21. The number of rotatable bonds is 7. The number of carbonyl (C=O) groups excluding carboxylic acids is 1. The van der Waals surface area contributed by atoms with Gasteiger partial charge in [0.2, 0.25) is 15.9 Å². The molecular weight excluding hydrogens is 412 g/mol. The molecule has 6 nitrogen and oxygen atoms in total. The van der Waals surface area contributed by atoms with Gasteiger partial charge in [0.1, 0.15) is 11.8 Å². The molecular formula is C24H30N2O4S. The highest BCUT2D eigenvalue weighted by atomic mass is 32.2. The second-order valence-corrected chi connectivity index (χ2v) is 10.4. The minimum atomic E-state index is -3.70. The topological polar surface area (TPSA) is 75.7 Å². The summed E-state index contributed by atoms with van der Waals surface area (Å²) in [4.78, 5) is 13.4. The molecule has 1 unspecified atom stereocenters. The Kier molecular flexibility index (Phi) is 6.34. The molecule has 2 fully saturated rings. The summed E-state index contributed by atoms with van der Waals surface area (Å²) >= 11 is 0. The molecule has 1 saturated heterocycles. The van der Waals surface area contributed by atoms with Crippen LogP contribution >= 0.6 is 0 Å². The number of ether oxygens (including phenoxy) is 1. The number of benzene rings is 2. The fraction of sp³-hybridized carbons (Fsp3) is 0.458. The van der Waals surface area contributed by atoms with Crippen molar-refractivity contribution in [3.63, 3.8) is 0 Å². The summed E-state index contributed by atoms with van der Waals surface area (Å²) < 4.78 is 33.2. The summed E-state index contributed by atoms with van der Waals surface area (Å²) in [6, 6.07) is 15.7. The monoisotopic (exact) mass is 442 g/mol. The van der Waals surface area contributed by atoms with Crippen LogP contribution in [0.2, 0.25) is 0 Å². The van der Waals surface area contributed by atoms with E-state index in [1.807, 2.05) is 18.2 Å². The standard InChI is InChI=1S/C24H30N2O4S/c1-30-22-14-6-5-12-20(22)24(15-7-8-16-24)18-25-23(27)21-13-9-17-26(21)31(28,29)19-10-3-2-4-11-19/h2-6,10-12,14,21H,7-9,13,15-18H2,1H3,(H,25,27). The first-order valence-electron chi connectivity index (χ1n) is 11.0. The van der Waals surface area contributed by atoms with Crippen molar-refractivity contribution in [3.05, 3.63) is 60.2 Å². The van der Waals surface area contributed by atoms with Gasteiger partial charge in [-0.1, -0.05) is 49.2 Å². The molecule has 1 aliphatic carbocycles. The Labute approximate surface area is 184 Å². The van der Waals surface area contributed by atoms with E-state index in [9.17, 15) is 13.2 Å². The lowest BCUT2D eigenvalue weighted by Crippen LogP contribution is -2.49. The van der Waals surface area contributed by atoms with E-state index in [2.05, 4.69) is 11.4 Å². The van der Waals surface area contributed by atoms with Gasteiger partial charge in [0.25, 0.3) is 0 Å². The molecule has 1 aliphatic heterocycles. The van der Waals surface area contributed by atoms with Crippen molar-refractivity contribution in [1.29, 1.82) is 0 Å². The predicted molar refractivity (Wildman–Crippen MR) is 120 cm³/mol. The van der Waals surface area contributed by atoms with Gasteiger partial charge in [-0.05, 0) is 43.9 Å². The van der Waals surface area contributed by atoms with Crippen LogP contribution in [-0.2, 0) is 20.2 Å². The van der Waals surface area contributed by atoms with Gasteiger partial charge in [-0.2, -0.15) is 4.31 Å². The number of carbonyl (C=O) groups is 1. The molecule has 1 atom stereocenters. The smallest absolute Gasteiger partial charge is 0.243 e. The van der Waals surface area contributed by atoms with Crippen LogP contribution in [0, 0.1) is 0 Å². The molecule has 2 aliphatic rings. The highest BCUT2D eigenvalue weighted by molar-refractivity contribution is 7.89. The number of para-hydroxylation sites is 1. The Morgan fingerprint density at radius 3 is 2.45 bits per heavy atom. The maximum atomic E-state index is 13.2. The van der Waals surface area contributed by atoms with Crippen LogP contribution in [0.1, 0.15) is 44.1 Å². The molecule has 1 N–H and O–H groups in total. The van der Waals surface area contributed by atoms with E-state index < -0.39 is 16.1 Å². The summed E-state index contributed by atoms with van der Waals surface area (Å²) in [5, 5.41) is 3.11. The van der Waals surface area contributed by atoms with Crippen LogP contribution in [0.25, 0.3) is 0 Å². The lowest BCUT2D eigenvalue weighted by atomic mass is 9.78. The molecule has 31 heavy (non-hydrogen) atoms. The second kappa shape index (κ2) is 9.01. The minimum absolute atomic E-state index is 0.177. The van der Waals surface area contributed by atoms with Gasteiger partial charge in [0, 0.05) is 24.1 Å². The van der Waals surface area contributed by atoms with Crippen molar-refractivity contribution in [1.82, 2.24) is 9.62 Å². The number of hydrogen-bond acceptors (Lipinski definition) is 4. The molecule has 2 aromatic carbocycles. The summed E-state index contributed by atoms with van der Waals surface area (Å²) in [5.74, 6) is 0.631. The van der Waals surface area contributed by atoms with Gasteiger partial charge in [0.15, 0.2) is 0 Å². The van der Waals surface area contributed by atoms with Crippen LogP contribution < -0.4 is 10.1 Å². The van der Waals surface area contributed by atoms with Crippen LogP contribution in [0.5, 0.6) is 5.75 Å². The zero-order valence-electron chi connectivity index (χ0n) is 17.9. The van der Waals surface area contributed by atoms with Crippen LogP contribution in [-0.4, -0.2) is 44.9 Å². The fourth-order valence-electron chi connectivity index (χ4n) is 5.07. The average Bonchev–Trinajstić information content (AvgIpc) is 3.49. The Morgan fingerprint density at radius 2 is 1.74 bits per heavy atom. The number of hydrogen-bond donors (Lipinski definition) is 1. The second-order valence-electron chi connectivity index (χ2n) is 8.49. The first-order valence-corrected chi connectivity index (χ1v) is 12.4. The van der Waals surface area contributed by atoms with Gasteiger partial charge in [-0.3, -0.25) is 4.79 Å². The molecule has 1 amide bonds. The van der Waals surface area contributed by atoms with Gasteiger partial charge in [-0.15, -0.1) is 0 Å².